The highest BCUT2D eigenvalue weighted by atomic mass is 32.1. The second-order valence-electron chi connectivity index (χ2n) is 4.70. The molecule has 1 saturated carbocycles. The number of anilines is 2. The molecule has 1 heterocycles. The van der Waals surface area contributed by atoms with Crippen molar-refractivity contribution in [2.24, 2.45) is 5.92 Å². The Bertz CT molecular complexity index is 427. The van der Waals surface area contributed by atoms with Gasteiger partial charge in [0.1, 0.15) is 4.88 Å². The highest BCUT2D eigenvalue weighted by Crippen LogP contribution is 2.35. The number of carbonyl (C=O) groups excluding carboxylic acids is 1. The van der Waals surface area contributed by atoms with Crippen LogP contribution in [-0.2, 0) is 4.74 Å². The maximum atomic E-state index is 11.5. The second kappa shape index (κ2) is 5.61. The number of hydrogen-bond donors (Lipinski definition) is 1. The molecule has 4 nitrogen and oxygen atoms in total. The van der Waals surface area contributed by atoms with Crippen molar-refractivity contribution in [3.8, 4) is 0 Å². The van der Waals surface area contributed by atoms with Crippen molar-refractivity contribution in [2.45, 2.75) is 26.2 Å². The Morgan fingerprint density at radius 3 is 2.83 bits per heavy atom. The highest BCUT2D eigenvalue weighted by molar-refractivity contribution is 7.18. The molecular formula is C13H20N2O2S. The fourth-order valence-corrected chi connectivity index (χ4v) is 3.23. The van der Waals surface area contributed by atoms with Crippen molar-refractivity contribution in [1.29, 1.82) is 0 Å². The number of rotatable bonds is 5. The van der Waals surface area contributed by atoms with Gasteiger partial charge in [0.05, 0.1) is 17.8 Å². The van der Waals surface area contributed by atoms with Crippen LogP contribution in [-0.4, -0.2) is 26.2 Å². The van der Waals surface area contributed by atoms with Gasteiger partial charge < -0.3 is 15.4 Å². The first-order chi connectivity index (χ1) is 8.65. The summed E-state index contributed by atoms with van der Waals surface area (Å²) in [6.07, 6.45) is 3.99. The molecule has 0 aliphatic heterocycles. The van der Waals surface area contributed by atoms with E-state index in [-0.39, 0.29) is 5.97 Å². The average molecular weight is 268 g/mol. The molecule has 0 spiro atoms. The topological polar surface area (TPSA) is 55.6 Å². The zero-order valence-electron chi connectivity index (χ0n) is 10.9. The highest BCUT2D eigenvalue weighted by Gasteiger charge is 2.23. The van der Waals surface area contributed by atoms with Crippen LogP contribution in [0, 0.1) is 5.92 Å². The molecule has 1 aromatic rings. The first-order valence-electron chi connectivity index (χ1n) is 6.38. The number of thiophene rings is 1. The fourth-order valence-electron chi connectivity index (χ4n) is 2.16. The van der Waals surface area contributed by atoms with Crippen LogP contribution >= 0.6 is 11.3 Å². The SMILES string of the molecule is CCN(CC1CCC1)c1cc(N)c(C(=O)OC)s1. The lowest BCUT2D eigenvalue weighted by molar-refractivity contribution is 0.0607. The van der Waals surface area contributed by atoms with Crippen molar-refractivity contribution in [1.82, 2.24) is 0 Å². The number of nitrogens with two attached hydrogens (primary N) is 1. The molecule has 1 fully saturated rings. The maximum Gasteiger partial charge on any atom is 0.350 e. The Labute approximate surface area is 112 Å². The summed E-state index contributed by atoms with van der Waals surface area (Å²) >= 11 is 1.43. The van der Waals surface area contributed by atoms with Crippen LogP contribution in [0.25, 0.3) is 0 Å². The zero-order chi connectivity index (χ0) is 13.1. The van der Waals surface area contributed by atoms with E-state index in [9.17, 15) is 4.79 Å². The molecule has 0 unspecified atom stereocenters. The van der Waals surface area contributed by atoms with E-state index in [2.05, 4.69) is 11.8 Å². The predicted octanol–water partition coefficient (Wildman–Crippen LogP) is 2.74. The molecule has 5 heteroatoms. The Morgan fingerprint density at radius 1 is 1.61 bits per heavy atom. The number of methoxy groups -OCH3 is 1. The number of nitrogen functional groups attached to an aromatic ring is 1. The van der Waals surface area contributed by atoms with Gasteiger partial charge in [-0.1, -0.05) is 6.42 Å². The minimum Gasteiger partial charge on any atom is -0.465 e. The summed E-state index contributed by atoms with van der Waals surface area (Å²) in [6.45, 7) is 4.14. The molecule has 0 atom stereocenters. The van der Waals surface area contributed by atoms with E-state index in [1.54, 1.807) is 0 Å². The second-order valence-corrected chi connectivity index (χ2v) is 5.73. The first kappa shape index (κ1) is 13.2. The van der Waals surface area contributed by atoms with Crippen molar-refractivity contribution in [3.05, 3.63) is 10.9 Å². The van der Waals surface area contributed by atoms with Crippen LogP contribution in [0.15, 0.2) is 6.07 Å². The molecule has 0 radical (unpaired) electrons. The summed E-state index contributed by atoms with van der Waals surface area (Å²) in [5.41, 5.74) is 6.39. The summed E-state index contributed by atoms with van der Waals surface area (Å²) in [6, 6.07) is 1.89. The summed E-state index contributed by atoms with van der Waals surface area (Å²) in [4.78, 5) is 14.4. The quantitative estimate of drug-likeness (QED) is 0.834. The molecule has 0 amide bonds. The minimum atomic E-state index is -0.344. The van der Waals surface area contributed by atoms with Crippen LogP contribution in [0.4, 0.5) is 10.7 Å². The van der Waals surface area contributed by atoms with Crippen LogP contribution in [0.2, 0.25) is 0 Å². The van der Waals surface area contributed by atoms with Gasteiger partial charge in [-0.25, -0.2) is 4.79 Å². The Morgan fingerprint density at radius 2 is 2.33 bits per heavy atom. The van der Waals surface area contributed by atoms with Gasteiger partial charge in [-0.05, 0) is 31.7 Å². The molecule has 2 rings (SSSR count). The van der Waals surface area contributed by atoms with E-state index in [0.29, 0.717) is 10.6 Å². The third-order valence-corrected chi connectivity index (χ3v) is 4.71. The van der Waals surface area contributed by atoms with Gasteiger partial charge in [-0.2, -0.15) is 0 Å². The molecule has 0 bridgehead atoms. The maximum absolute atomic E-state index is 11.5. The molecule has 1 aliphatic rings. The molecule has 1 aromatic heterocycles. The molecule has 2 N–H and O–H groups in total. The van der Waals surface area contributed by atoms with E-state index in [1.807, 2.05) is 6.07 Å². The lowest BCUT2D eigenvalue weighted by atomic mass is 9.85. The molecule has 0 aromatic carbocycles. The summed E-state index contributed by atoms with van der Waals surface area (Å²) in [5.74, 6) is 0.457. The number of hydrogen-bond acceptors (Lipinski definition) is 5. The van der Waals surface area contributed by atoms with E-state index in [4.69, 9.17) is 10.5 Å². The molecule has 18 heavy (non-hydrogen) atoms. The van der Waals surface area contributed by atoms with Gasteiger partial charge in [0, 0.05) is 13.1 Å². The Hall–Kier alpha value is -1.23. The minimum absolute atomic E-state index is 0.344. The summed E-state index contributed by atoms with van der Waals surface area (Å²) < 4.78 is 4.73. The van der Waals surface area contributed by atoms with Gasteiger partial charge in [-0.3, -0.25) is 0 Å². The third kappa shape index (κ3) is 2.61. The normalized spacial score (nSPS) is 15.2. The smallest absolute Gasteiger partial charge is 0.350 e. The Balaban J connectivity index is 2.12. The van der Waals surface area contributed by atoms with Crippen LogP contribution < -0.4 is 10.6 Å². The van der Waals surface area contributed by atoms with Gasteiger partial charge in [-0.15, -0.1) is 11.3 Å². The zero-order valence-corrected chi connectivity index (χ0v) is 11.8. The molecule has 100 valence electrons. The lowest BCUT2D eigenvalue weighted by Crippen LogP contribution is -2.31. The van der Waals surface area contributed by atoms with Crippen molar-refractivity contribution in [2.75, 3.05) is 30.8 Å². The number of esters is 1. The largest absolute Gasteiger partial charge is 0.465 e. The number of nitrogens with zero attached hydrogens (tertiary/aromatic N) is 1. The number of carbonyl (C=O) groups is 1. The van der Waals surface area contributed by atoms with Crippen molar-refractivity contribution >= 4 is 28.0 Å². The van der Waals surface area contributed by atoms with Crippen LogP contribution in [0.3, 0.4) is 0 Å². The Kier molecular flexibility index (Phi) is 4.11. The van der Waals surface area contributed by atoms with Crippen LogP contribution in [0.5, 0.6) is 0 Å². The van der Waals surface area contributed by atoms with Gasteiger partial charge >= 0.3 is 5.97 Å². The van der Waals surface area contributed by atoms with E-state index >= 15 is 0 Å². The van der Waals surface area contributed by atoms with Crippen molar-refractivity contribution in [3.63, 3.8) is 0 Å². The van der Waals surface area contributed by atoms with Gasteiger partial charge in [0.2, 0.25) is 0 Å². The number of ether oxygens (including phenoxy) is 1. The third-order valence-electron chi connectivity index (χ3n) is 3.52. The summed E-state index contributed by atoms with van der Waals surface area (Å²) in [7, 11) is 1.38. The fraction of sp³-hybridized carbons (Fsp3) is 0.615. The summed E-state index contributed by atoms with van der Waals surface area (Å²) in [5, 5.41) is 1.07. The molecule has 1 aliphatic carbocycles. The molecule has 0 saturated heterocycles. The van der Waals surface area contributed by atoms with E-state index in [0.717, 1.165) is 24.0 Å². The monoisotopic (exact) mass is 268 g/mol. The molecular weight excluding hydrogens is 248 g/mol. The van der Waals surface area contributed by atoms with Crippen molar-refractivity contribution < 1.29 is 9.53 Å². The first-order valence-corrected chi connectivity index (χ1v) is 7.20. The lowest BCUT2D eigenvalue weighted by Gasteiger charge is -2.32. The van der Waals surface area contributed by atoms with E-state index in [1.165, 1.54) is 37.7 Å². The van der Waals surface area contributed by atoms with Gasteiger partial charge in [0.25, 0.3) is 0 Å². The van der Waals surface area contributed by atoms with Gasteiger partial charge in [0.15, 0.2) is 0 Å². The predicted molar refractivity (Wildman–Crippen MR) is 75.3 cm³/mol. The average Bonchev–Trinajstić information content (AvgIpc) is 2.69. The van der Waals surface area contributed by atoms with E-state index < -0.39 is 0 Å². The van der Waals surface area contributed by atoms with Crippen LogP contribution in [0.1, 0.15) is 35.9 Å². The standard InChI is InChI=1S/C13H20N2O2S/c1-3-15(8-9-5-4-6-9)11-7-10(14)12(18-11)13(16)17-2/h7,9H,3-6,8,14H2,1-2H3.